The summed E-state index contributed by atoms with van der Waals surface area (Å²) in [6.45, 7) is 5.21. The van der Waals surface area contributed by atoms with Crippen molar-refractivity contribution in [2.75, 3.05) is 31.6 Å². The van der Waals surface area contributed by atoms with Crippen molar-refractivity contribution in [1.29, 1.82) is 0 Å². The van der Waals surface area contributed by atoms with Gasteiger partial charge in [-0.15, -0.1) is 10.2 Å². The molecule has 110 valence electrons. The van der Waals surface area contributed by atoms with E-state index in [1.165, 1.54) is 24.2 Å². The first-order valence-corrected chi connectivity index (χ1v) is 7.73. The van der Waals surface area contributed by atoms with Crippen molar-refractivity contribution in [1.82, 2.24) is 20.4 Å². The number of nitrogens with one attached hydrogen (secondary N) is 2. The second kappa shape index (κ2) is 6.02. The molecule has 0 aromatic carbocycles. The Hall–Kier alpha value is -1.25. The number of carbonyl (C=O) groups excluding carboxylic acids is 1. The second-order valence-electron chi connectivity index (χ2n) is 5.21. The fourth-order valence-electron chi connectivity index (χ4n) is 2.70. The molecule has 0 saturated carbocycles. The highest BCUT2D eigenvalue weighted by atomic mass is 32.1. The SMILES string of the molecule is Cc1nnc(NC(=O)NC[C@@H]2CN3CCC[C@H]3CO2)s1. The maximum Gasteiger partial charge on any atom is 0.321 e. The number of rotatable bonds is 3. The Labute approximate surface area is 121 Å². The van der Waals surface area contributed by atoms with Gasteiger partial charge in [0.25, 0.3) is 0 Å². The zero-order valence-electron chi connectivity index (χ0n) is 11.5. The van der Waals surface area contributed by atoms with E-state index >= 15 is 0 Å². The summed E-state index contributed by atoms with van der Waals surface area (Å²) in [6.07, 6.45) is 2.56. The highest BCUT2D eigenvalue weighted by Gasteiger charge is 2.32. The monoisotopic (exact) mass is 297 g/mol. The van der Waals surface area contributed by atoms with E-state index in [9.17, 15) is 4.79 Å². The van der Waals surface area contributed by atoms with Crippen molar-refractivity contribution in [3.8, 4) is 0 Å². The van der Waals surface area contributed by atoms with Crippen LogP contribution in [-0.2, 0) is 4.74 Å². The minimum atomic E-state index is -0.256. The fraction of sp³-hybridized carbons (Fsp3) is 0.750. The molecule has 2 fully saturated rings. The van der Waals surface area contributed by atoms with Crippen LogP contribution in [0, 0.1) is 6.92 Å². The summed E-state index contributed by atoms with van der Waals surface area (Å²) in [7, 11) is 0. The number of hydrogen-bond donors (Lipinski definition) is 2. The molecule has 2 amide bonds. The average molecular weight is 297 g/mol. The van der Waals surface area contributed by atoms with E-state index in [1.54, 1.807) is 0 Å². The normalized spacial score (nSPS) is 26.2. The second-order valence-corrected chi connectivity index (χ2v) is 6.39. The number of hydrogen-bond acceptors (Lipinski definition) is 6. The standard InChI is InChI=1S/C12H19N5O2S/c1-8-15-16-12(20-8)14-11(18)13-5-10-6-17-4-2-3-9(17)7-19-10/h9-10H,2-7H2,1H3,(H2,13,14,16,18)/t9-,10+/m0/s1. The minimum absolute atomic E-state index is 0.0752. The third-order valence-electron chi connectivity index (χ3n) is 3.70. The summed E-state index contributed by atoms with van der Waals surface area (Å²) in [5.41, 5.74) is 0. The lowest BCUT2D eigenvalue weighted by atomic mass is 10.2. The first kappa shape index (κ1) is 13.7. The predicted molar refractivity (Wildman–Crippen MR) is 76.0 cm³/mol. The third kappa shape index (κ3) is 3.25. The molecule has 3 heterocycles. The highest BCUT2D eigenvalue weighted by Crippen LogP contribution is 2.22. The molecule has 0 unspecified atom stereocenters. The van der Waals surface area contributed by atoms with Crippen molar-refractivity contribution in [3.05, 3.63) is 5.01 Å². The van der Waals surface area contributed by atoms with Gasteiger partial charge in [0.1, 0.15) is 5.01 Å². The Morgan fingerprint density at radius 3 is 3.25 bits per heavy atom. The van der Waals surface area contributed by atoms with Gasteiger partial charge >= 0.3 is 6.03 Å². The highest BCUT2D eigenvalue weighted by molar-refractivity contribution is 7.15. The molecule has 20 heavy (non-hydrogen) atoms. The van der Waals surface area contributed by atoms with Crippen LogP contribution in [0.2, 0.25) is 0 Å². The summed E-state index contributed by atoms with van der Waals surface area (Å²) >= 11 is 1.36. The summed E-state index contributed by atoms with van der Waals surface area (Å²) < 4.78 is 5.79. The van der Waals surface area contributed by atoms with E-state index < -0.39 is 0 Å². The van der Waals surface area contributed by atoms with E-state index in [4.69, 9.17) is 4.74 Å². The van der Waals surface area contributed by atoms with Gasteiger partial charge in [-0.3, -0.25) is 10.2 Å². The van der Waals surface area contributed by atoms with Crippen LogP contribution in [0.25, 0.3) is 0 Å². The molecule has 2 saturated heterocycles. The molecule has 1 aromatic heterocycles. The third-order valence-corrected chi connectivity index (χ3v) is 4.45. The van der Waals surface area contributed by atoms with Gasteiger partial charge in [-0.2, -0.15) is 0 Å². The van der Waals surface area contributed by atoms with Crippen LogP contribution < -0.4 is 10.6 Å². The van der Waals surface area contributed by atoms with Gasteiger partial charge in [0.2, 0.25) is 5.13 Å². The van der Waals surface area contributed by atoms with Crippen LogP contribution in [0.4, 0.5) is 9.93 Å². The summed E-state index contributed by atoms with van der Waals surface area (Å²) in [6, 6.07) is 0.331. The van der Waals surface area contributed by atoms with Crippen LogP contribution in [-0.4, -0.2) is 59.5 Å². The Morgan fingerprint density at radius 1 is 1.55 bits per heavy atom. The van der Waals surface area contributed by atoms with Crippen molar-refractivity contribution in [3.63, 3.8) is 0 Å². The predicted octanol–water partition coefficient (Wildman–Crippen LogP) is 0.831. The first-order chi connectivity index (χ1) is 9.70. The van der Waals surface area contributed by atoms with Gasteiger partial charge in [-0.1, -0.05) is 11.3 Å². The maximum atomic E-state index is 11.7. The van der Waals surface area contributed by atoms with Gasteiger partial charge in [-0.05, 0) is 26.3 Å². The van der Waals surface area contributed by atoms with Crippen LogP contribution >= 0.6 is 11.3 Å². The molecule has 2 atom stereocenters. The minimum Gasteiger partial charge on any atom is -0.373 e. The maximum absolute atomic E-state index is 11.7. The number of anilines is 1. The lowest BCUT2D eigenvalue weighted by Crippen LogP contribution is -2.50. The number of fused-ring (bicyclic) bond motifs is 1. The zero-order chi connectivity index (χ0) is 13.9. The molecule has 0 aliphatic carbocycles. The van der Waals surface area contributed by atoms with E-state index in [0.29, 0.717) is 17.7 Å². The molecular formula is C12H19N5O2S. The van der Waals surface area contributed by atoms with Gasteiger partial charge in [0.05, 0.1) is 12.7 Å². The number of morpholine rings is 1. The Balaban J connectivity index is 1.41. The molecule has 3 rings (SSSR count). The van der Waals surface area contributed by atoms with Crippen molar-refractivity contribution in [2.24, 2.45) is 0 Å². The van der Waals surface area contributed by atoms with E-state index in [2.05, 4.69) is 25.7 Å². The lowest BCUT2D eigenvalue weighted by molar-refractivity contribution is -0.0456. The lowest BCUT2D eigenvalue weighted by Gasteiger charge is -2.35. The van der Waals surface area contributed by atoms with Crippen LogP contribution in [0.3, 0.4) is 0 Å². The van der Waals surface area contributed by atoms with Crippen LogP contribution in [0.1, 0.15) is 17.8 Å². The first-order valence-electron chi connectivity index (χ1n) is 6.91. The molecule has 1 aromatic rings. The van der Waals surface area contributed by atoms with Gasteiger partial charge in [0.15, 0.2) is 0 Å². The number of aryl methyl sites for hydroxylation is 1. The van der Waals surface area contributed by atoms with Crippen LogP contribution in [0.5, 0.6) is 0 Å². The fourth-order valence-corrected chi connectivity index (χ4v) is 3.29. The quantitative estimate of drug-likeness (QED) is 0.864. The molecule has 0 spiro atoms. The Bertz CT molecular complexity index is 480. The smallest absolute Gasteiger partial charge is 0.321 e. The van der Waals surface area contributed by atoms with Gasteiger partial charge in [0, 0.05) is 19.1 Å². The van der Waals surface area contributed by atoms with E-state index in [0.717, 1.165) is 24.7 Å². The van der Waals surface area contributed by atoms with Crippen molar-refractivity contribution in [2.45, 2.75) is 31.9 Å². The van der Waals surface area contributed by atoms with E-state index in [1.807, 2.05) is 6.92 Å². The van der Waals surface area contributed by atoms with Gasteiger partial charge in [-0.25, -0.2) is 4.79 Å². The molecule has 2 aliphatic heterocycles. The molecule has 2 N–H and O–H groups in total. The number of ether oxygens (including phenoxy) is 1. The summed E-state index contributed by atoms with van der Waals surface area (Å²) in [5.74, 6) is 0. The molecule has 0 radical (unpaired) electrons. The largest absolute Gasteiger partial charge is 0.373 e. The summed E-state index contributed by atoms with van der Waals surface area (Å²) in [5, 5.41) is 14.6. The average Bonchev–Trinajstić information content (AvgIpc) is 3.04. The molecule has 2 aliphatic rings. The zero-order valence-corrected chi connectivity index (χ0v) is 12.3. The van der Waals surface area contributed by atoms with Crippen molar-refractivity contribution >= 4 is 22.5 Å². The molecule has 0 bridgehead atoms. The molecule has 7 nitrogen and oxygen atoms in total. The number of amides is 2. The van der Waals surface area contributed by atoms with Crippen LogP contribution in [0.15, 0.2) is 0 Å². The number of carbonyl (C=O) groups is 1. The molecular weight excluding hydrogens is 278 g/mol. The molecule has 8 heteroatoms. The Morgan fingerprint density at radius 2 is 2.45 bits per heavy atom. The number of aromatic nitrogens is 2. The topological polar surface area (TPSA) is 79.4 Å². The summed E-state index contributed by atoms with van der Waals surface area (Å²) in [4.78, 5) is 14.2. The number of nitrogens with zero attached hydrogens (tertiary/aromatic N) is 3. The van der Waals surface area contributed by atoms with Gasteiger partial charge < -0.3 is 10.1 Å². The van der Waals surface area contributed by atoms with Crippen molar-refractivity contribution < 1.29 is 9.53 Å². The van der Waals surface area contributed by atoms with E-state index in [-0.39, 0.29) is 12.1 Å². The Kier molecular flexibility index (Phi) is 4.13. The number of urea groups is 1.